The summed E-state index contributed by atoms with van der Waals surface area (Å²) in [6, 6.07) is 8.40. The molecule has 15 heteroatoms. The van der Waals surface area contributed by atoms with E-state index < -0.39 is 31.9 Å². The molecule has 0 aliphatic rings. The molecule has 0 aliphatic carbocycles. The molecule has 0 unspecified atom stereocenters. The maximum atomic E-state index is 12.2. The molecular formula is C20H25BN2O10S2. The smallest absolute Gasteiger partial charge is 0.528 e. The fraction of sp³-hybridized carbons (Fsp3) is 0.300. The van der Waals surface area contributed by atoms with Crippen molar-refractivity contribution in [1.82, 2.24) is 9.44 Å². The third-order valence-corrected chi connectivity index (χ3v) is 5.11. The van der Waals surface area contributed by atoms with Crippen LogP contribution in [0.5, 0.6) is 23.0 Å². The first kappa shape index (κ1) is 27.8. The summed E-state index contributed by atoms with van der Waals surface area (Å²) in [7, 11) is -7.79. The van der Waals surface area contributed by atoms with Crippen molar-refractivity contribution in [2.24, 2.45) is 0 Å². The van der Waals surface area contributed by atoms with Crippen LogP contribution in [-0.4, -0.2) is 62.1 Å². The minimum atomic E-state index is -3.75. The molecule has 0 aliphatic heterocycles. The van der Waals surface area contributed by atoms with Gasteiger partial charge < -0.3 is 18.8 Å². The third-order valence-electron chi connectivity index (χ3n) is 4.00. The van der Waals surface area contributed by atoms with Gasteiger partial charge in [0.25, 0.3) is 11.8 Å². The molecule has 0 saturated carbocycles. The molecule has 0 fully saturated rings. The van der Waals surface area contributed by atoms with E-state index in [1.165, 1.54) is 36.4 Å². The summed E-state index contributed by atoms with van der Waals surface area (Å²) >= 11 is 0. The molecule has 0 bridgehead atoms. The predicted molar refractivity (Wildman–Crippen MR) is 128 cm³/mol. The Kier molecular flexibility index (Phi) is 9.36. The van der Waals surface area contributed by atoms with Gasteiger partial charge in [0.2, 0.25) is 20.0 Å². The lowest BCUT2D eigenvalue weighted by Crippen LogP contribution is -2.29. The maximum Gasteiger partial charge on any atom is 0.576 e. The van der Waals surface area contributed by atoms with Gasteiger partial charge in [0.1, 0.15) is 23.0 Å². The highest BCUT2D eigenvalue weighted by molar-refractivity contribution is 7.89. The molecule has 2 aromatic rings. The van der Waals surface area contributed by atoms with Gasteiger partial charge in [0, 0.05) is 12.1 Å². The number of hydrogen-bond acceptors (Lipinski definition) is 10. The first-order chi connectivity index (χ1) is 16.3. The average molecular weight is 528 g/mol. The van der Waals surface area contributed by atoms with Crippen LogP contribution >= 0.6 is 0 Å². The zero-order valence-corrected chi connectivity index (χ0v) is 21.1. The third kappa shape index (κ3) is 9.01. The topological polar surface area (TPSA) is 163 Å². The van der Waals surface area contributed by atoms with E-state index in [-0.39, 0.29) is 55.0 Å². The van der Waals surface area contributed by atoms with Gasteiger partial charge in [0.15, 0.2) is 0 Å². The van der Waals surface area contributed by atoms with E-state index in [0.29, 0.717) is 0 Å². The number of hydrogen-bond donors (Lipinski definition) is 2. The molecule has 0 heterocycles. The first-order valence-corrected chi connectivity index (χ1v) is 13.9. The Labute approximate surface area is 204 Å². The molecule has 0 saturated heterocycles. The van der Waals surface area contributed by atoms with Crippen molar-refractivity contribution in [3.8, 4) is 23.0 Å². The fourth-order valence-corrected chi connectivity index (χ4v) is 3.62. The Bertz CT molecular complexity index is 1200. The molecule has 2 N–H and O–H groups in total. The highest BCUT2D eigenvalue weighted by atomic mass is 32.2. The number of benzene rings is 2. The molecule has 12 nitrogen and oxygen atoms in total. The summed E-state index contributed by atoms with van der Waals surface area (Å²) in [6.07, 6.45) is 1.73. The van der Waals surface area contributed by atoms with Crippen molar-refractivity contribution in [3.63, 3.8) is 0 Å². The average Bonchev–Trinajstić information content (AvgIpc) is 2.72. The van der Waals surface area contributed by atoms with Gasteiger partial charge in [-0.1, -0.05) is 0 Å². The van der Waals surface area contributed by atoms with Crippen molar-refractivity contribution < 1.29 is 45.2 Å². The zero-order valence-electron chi connectivity index (χ0n) is 19.5. The van der Waals surface area contributed by atoms with Crippen molar-refractivity contribution in [2.45, 2.75) is 13.8 Å². The summed E-state index contributed by atoms with van der Waals surface area (Å²) in [5.74, 6) is -0.904. The Balaban J connectivity index is 2.13. The summed E-state index contributed by atoms with van der Waals surface area (Å²) < 4.78 is 71.0. The summed E-state index contributed by atoms with van der Waals surface area (Å²) in [5.41, 5.74) is 0.0183. The lowest BCUT2D eigenvalue weighted by molar-refractivity contribution is 0.0968. The molecule has 2 aromatic carbocycles. The second-order valence-corrected chi connectivity index (χ2v) is 10.5. The molecule has 35 heavy (non-hydrogen) atoms. The molecule has 0 atom stereocenters. The van der Waals surface area contributed by atoms with Gasteiger partial charge in [-0.15, -0.1) is 0 Å². The first-order valence-electron chi connectivity index (χ1n) is 10.2. The fourth-order valence-electron chi connectivity index (χ4n) is 2.72. The minimum Gasteiger partial charge on any atom is -0.528 e. The molecule has 2 amide bonds. The lowest BCUT2D eigenvalue weighted by atomic mass is 10.1. The van der Waals surface area contributed by atoms with Crippen LogP contribution in [0.4, 0.5) is 0 Å². The number of rotatable bonds is 12. The van der Waals surface area contributed by atoms with Crippen molar-refractivity contribution in [2.75, 3.05) is 25.7 Å². The monoisotopic (exact) mass is 528 g/mol. The van der Waals surface area contributed by atoms with Crippen molar-refractivity contribution in [3.05, 3.63) is 47.5 Å². The molecule has 0 aromatic heterocycles. The van der Waals surface area contributed by atoms with Gasteiger partial charge in [-0.25, -0.2) is 26.3 Å². The van der Waals surface area contributed by atoms with E-state index in [4.69, 9.17) is 18.8 Å². The second kappa shape index (κ2) is 11.8. The number of sulfonamides is 2. The van der Waals surface area contributed by atoms with Gasteiger partial charge in [-0.2, -0.15) is 0 Å². The van der Waals surface area contributed by atoms with Crippen LogP contribution in [0.1, 0.15) is 34.6 Å². The Hall–Kier alpha value is -3.46. The van der Waals surface area contributed by atoms with Gasteiger partial charge >= 0.3 is 7.69 Å². The number of carbonyl (C=O) groups is 2. The van der Waals surface area contributed by atoms with Gasteiger partial charge in [-0.3, -0.25) is 9.59 Å². The summed E-state index contributed by atoms with van der Waals surface area (Å²) in [4.78, 5) is 24.4. The van der Waals surface area contributed by atoms with Gasteiger partial charge in [-0.05, 0) is 38.1 Å². The quantitative estimate of drug-likeness (QED) is 0.373. The molecule has 2 rings (SSSR count). The van der Waals surface area contributed by atoms with Crippen LogP contribution in [0, 0.1) is 0 Å². The van der Waals surface area contributed by atoms with E-state index in [2.05, 4.69) is 0 Å². The molecular weight excluding hydrogens is 503 g/mol. The predicted octanol–water partition coefficient (Wildman–Crippen LogP) is 0.587. The van der Waals surface area contributed by atoms with Crippen molar-refractivity contribution >= 4 is 39.5 Å². The van der Waals surface area contributed by atoms with Crippen LogP contribution < -0.4 is 28.2 Å². The van der Waals surface area contributed by atoms with Crippen LogP contribution in [-0.2, 0) is 20.0 Å². The van der Waals surface area contributed by atoms with Crippen molar-refractivity contribution in [1.29, 1.82) is 0 Å². The van der Waals surface area contributed by atoms with Crippen LogP contribution in [0.3, 0.4) is 0 Å². The minimum absolute atomic E-state index is 0.00913. The standard InChI is InChI=1S/C20H25BN2O10S2/c1-5-30-17-11-13(7-9-15(17)19(24)22-34(3,26)27)32-21-33-14-8-10-16(18(12-14)31-6-2)20(25)23-35(4,28)29/h7-12,21H,5-6H2,1-4H3,(H,22,24)(H,23,25). The molecule has 0 spiro atoms. The number of ether oxygens (including phenoxy) is 2. The normalized spacial score (nSPS) is 11.2. The number of amides is 2. The Morgan fingerprint density at radius 2 is 1.11 bits per heavy atom. The van der Waals surface area contributed by atoms with Crippen LogP contribution in [0.25, 0.3) is 0 Å². The maximum absolute atomic E-state index is 12.2. The summed E-state index contributed by atoms with van der Waals surface area (Å²) in [5, 5.41) is 0. The van der Waals surface area contributed by atoms with E-state index >= 15 is 0 Å². The van der Waals surface area contributed by atoms with E-state index in [0.717, 1.165) is 12.5 Å². The summed E-state index contributed by atoms with van der Waals surface area (Å²) in [6.45, 7) is 3.84. The zero-order chi connectivity index (χ0) is 26.2. The molecule has 0 radical (unpaired) electrons. The largest absolute Gasteiger partial charge is 0.576 e. The highest BCUT2D eigenvalue weighted by Gasteiger charge is 2.19. The Morgan fingerprint density at radius 1 is 0.743 bits per heavy atom. The SMILES string of the molecule is CCOc1cc(OBOc2ccc(C(=O)NS(C)(=O)=O)c(OCC)c2)ccc1C(=O)NS(C)(=O)=O. The number of nitrogens with one attached hydrogen (secondary N) is 2. The van der Waals surface area contributed by atoms with Crippen LogP contribution in [0.2, 0.25) is 0 Å². The van der Waals surface area contributed by atoms with Gasteiger partial charge in [0.05, 0.1) is 36.9 Å². The highest BCUT2D eigenvalue weighted by Crippen LogP contribution is 2.27. The second-order valence-electron chi connectivity index (χ2n) is 7.00. The number of carbonyl (C=O) groups excluding carboxylic acids is 2. The Morgan fingerprint density at radius 3 is 1.43 bits per heavy atom. The van der Waals surface area contributed by atoms with E-state index in [1.807, 2.05) is 9.44 Å². The molecule has 190 valence electrons. The van der Waals surface area contributed by atoms with E-state index in [9.17, 15) is 26.4 Å². The lowest BCUT2D eigenvalue weighted by Gasteiger charge is -2.14. The van der Waals surface area contributed by atoms with Crippen LogP contribution in [0.15, 0.2) is 36.4 Å². The van der Waals surface area contributed by atoms with E-state index in [1.54, 1.807) is 13.8 Å².